The van der Waals surface area contributed by atoms with Crippen LogP contribution < -0.4 is 27.0 Å². The van der Waals surface area contributed by atoms with Gasteiger partial charge in [0.05, 0.1) is 12.5 Å². The third-order valence-electron chi connectivity index (χ3n) is 4.03. The van der Waals surface area contributed by atoms with Crippen molar-refractivity contribution >= 4 is 54.9 Å². The van der Waals surface area contributed by atoms with E-state index in [9.17, 15) is 24.0 Å². The number of carbonyl (C=O) groups is 5. The predicted octanol–water partition coefficient (Wildman–Crippen LogP) is -2.99. The van der Waals surface area contributed by atoms with Crippen molar-refractivity contribution in [2.24, 2.45) is 5.73 Å². The molecule has 1 aliphatic heterocycles. The molecular formula is C15H25N5O6S2. The van der Waals surface area contributed by atoms with Gasteiger partial charge >= 0.3 is 5.97 Å². The number of primary amides is 1. The van der Waals surface area contributed by atoms with E-state index in [1.165, 1.54) is 0 Å². The molecular weight excluding hydrogens is 410 g/mol. The predicted molar refractivity (Wildman–Crippen MR) is 106 cm³/mol. The molecule has 158 valence electrons. The van der Waals surface area contributed by atoms with Gasteiger partial charge in [-0.1, -0.05) is 0 Å². The summed E-state index contributed by atoms with van der Waals surface area (Å²) >= 11 is 7.87. The Labute approximate surface area is 172 Å². The van der Waals surface area contributed by atoms with Gasteiger partial charge in [-0.2, -0.15) is 25.3 Å². The van der Waals surface area contributed by atoms with Gasteiger partial charge in [0.15, 0.2) is 0 Å². The molecule has 0 bridgehead atoms. The van der Waals surface area contributed by atoms with E-state index >= 15 is 0 Å². The maximum atomic E-state index is 12.5. The van der Waals surface area contributed by atoms with Crippen LogP contribution in [-0.2, 0) is 24.0 Å². The highest BCUT2D eigenvalue weighted by atomic mass is 32.1. The fraction of sp³-hybridized carbons (Fsp3) is 0.667. The lowest BCUT2D eigenvalue weighted by Gasteiger charge is -2.23. The van der Waals surface area contributed by atoms with Gasteiger partial charge in [0, 0.05) is 11.5 Å². The molecule has 28 heavy (non-hydrogen) atoms. The van der Waals surface area contributed by atoms with Crippen LogP contribution in [0.3, 0.4) is 0 Å². The van der Waals surface area contributed by atoms with Crippen molar-refractivity contribution < 1.29 is 29.1 Å². The fourth-order valence-corrected chi connectivity index (χ4v) is 3.02. The lowest BCUT2D eigenvalue weighted by atomic mass is 10.1. The number of aliphatic carboxylic acids is 1. The molecule has 1 saturated heterocycles. The molecule has 0 aliphatic carbocycles. The summed E-state index contributed by atoms with van der Waals surface area (Å²) in [4.78, 5) is 59.2. The van der Waals surface area contributed by atoms with Gasteiger partial charge in [-0.15, -0.1) is 0 Å². The maximum absolute atomic E-state index is 12.5. The molecule has 4 unspecified atom stereocenters. The first kappa shape index (κ1) is 24.0. The number of hydrogen-bond acceptors (Lipinski definition) is 8. The number of nitrogens with two attached hydrogens (primary N) is 1. The summed E-state index contributed by atoms with van der Waals surface area (Å²) in [5.74, 6) is -4.47. The van der Waals surface area contributed by atoms with Gasteiger partial charge in [0.25, 0.3) is 0 Å². The number of amides is 4. The second kappa shape index (κ2) is 11.8. The Balaban J connectivity index is 2.77. The van der Waals surface area contributed by atoms with Crippen molar-refractivity contribution in [2.75, 3.05) is 18.1 Å². The first-order valence-electron chi connectivity index (χ1n) is 8.56. The number of nitrogens with one attached hydrogen (secondary N) is 4. The number of carboxylic acids is 1. The second-order valence-electron chi connectivity index (χ2n) is 6.21. The van der Waals surface area contributed by atoms with E-state index in [1.807, 2.05) is 0 Å². The largest absolute Gasteiger partial charge is 0.480 e. The summed E-state index contributed by atoms with van der Waals surface area (Å²) in [6.07, 6.45) is 0.931. The van der Waals surface area contributed by atoms with Crippen LogP contribution in [0.5, 0.6) is 0 Å². The summed E-state index contributed by atoms with van der Waals surface area (Å²) in [6, 6.07) is -4.18. The quantitative estimate of drug-likeness (QED) is 0.159. The molecule has 0 aromatic rings. The van der Waals surface area contributed by atoms with E-state index in [0.717, 1.165) is 6.42 Å². The van der Waals surface area contributed by atoms with Gasteiger partial charge in [-0.05, 0) is 19.4 Å². The highest BCUT2D eigenvalue weighted by Crippen LogP contribution is 2.05. The van der Waals surface area contributed by atoms with Gasteiger partial charge in [0.2, 0.25) is 23.6 Å². The SMILES string of the molecule is NC(=O)CC(NC(=O)C(CS)NC(=O)C1CCCN1)C(=O)NC(CS)C(=O)O. The van der Waals surface area contributed by atoms with Gasteiger partial charge < -0.3 is 32.1 Å². The van der Waals surface area contributed by atoms with Crippen LogP contribution in [0, 0.1) is 0 Å². The molecule has 13 heteroatoms. The normalized spacial score (nSPS) is 19.1. The molecule has 0 radical (unpaired) electrons. The van der Waals surface area contributed by atoms with Crippen LogP contribution in [0.1, 0.15) is 19.3 Å². The molecule has 0 aromatic heterocycles. The molecule has 0 spiro atoms. The Morgan fingerprint density at radius 1 is 1.00 bits per heavy atom. The molecule has 0 saturated carbocycles. The van der Waals surface area contributed by atoms with Gasteiger partial charge in [0.1, 0.15) is 18.1 Å². The Bertz CT molecular complexity index is 614. The fourth-order valence-electron chi connectivity index (χ4n) is 2.52. The molecule has 1 rings (SSSR count). The van der Waals surface area contributed by atoms with Crippen molar-refractivity contribution in [3.8, 4) is 0 Å². The van der Waals surface area contributed by atoms with Crippen LogP contribution in [0.2, 0.25) is 0 Å². The maximum Gasteiger partial charge on any atom is 0.327 e. The molecule has 1 aliphatic rings. The number of thiol groups is 2. The van der Waals surface area contributed by atoms with E-state index in [2.05, 4.69) is 46.5 Å². The summed E-state index contributed by atoms with van der Waals surface area (Å²) in [7, 11) is 0. The minimum Gasteiger partial charge on any atom is -0.480 e. The topological polar surface area (TPSA) is 180 Å². The average Bonchev–Trinajstić information content (AvgIpc) is 3.17. The first-order valence-corrected chi connectivity index (χ1v) is 9.83. The van der Waals surface area contributed by atoms with Crippen LogP contribution in [0.25, 0.3) is 0 Å². The monoisotopic (exact) mass is 435 g/mol. The molecule has 11 nitrogen and oxygen atoms in total. The highest BCUT2D eigenvalue weighted by molar-refractivity contribution is 7.80. The minimum absolute atomic E-state index is 0.0520. The Hall–Kier alpha value is -1.99. The van der Waals surface area contributed by atoms with Crippen molar-refractivity contribution in [2.45, 2.75) is 43.4 Å². The van der Waals surface area contributed by atoms with E-state index in [0.29, 0.717) is 13.0 Å². The second-order valence-corrected chi connectivity index (χ2v) is 6.94. The van der Waals surface area contributed by atoms with Gasteiger partial charge in [-0.3, -0.25) is 19.2 Å². The molecule has 1 heterocycles. The van der Waals surface area contributed by atoms with Crippen molar-refractivity contribution in [1.82, 2.24) is 21.3 Å². The summed E-state index contributed by atoms with van der Waals surface area (Å²) in [5, 5.41) is 19.0. The number of carbonyl (C=O) groups excluding carboxylic acids is 4. The van der Waals surface area contributed by atoms with Crippen molar-refractivity contribution in [1.29, 1.82) is 0 Å². The van der Waals surface area contributed by atoms with Crippen LogP contribution in [0.4, 0.5) is 0 Å². The third-order valence-corrected chi connectivity index (χ3v) is 4.76. The summed E-state index contributed by atoms with van der Waals surface area (Å²) in [5.41, 5.74) is 5.11. The minimum atomic E-state index is -1.41. The molecule has 7 N–H and O–H groups in total. The number of carboxylic acid groups (broad SMARTS) is 1. The van der Waals surface area contributed by atoms with E-state index in [-0.39, 0.29) is 17.4 Å². The van der Waals surface area contributed by atoms with E-state index < -0.39 is 54.3 Å². The van der Waals surface area contributed by atoms with E-state index in [1.54, 1.807) is 0 Å². The molecule has 4 amide bonds. The standard InChI is InChI=1S/C15H25N5O6S2/c16-11(21)4-8(13(23)20-10(6-28)15(25)26)18-14(24)9(5-27)19-12(22)7-2-1-3-17-7/h7-10,17,27-28H,1-6H2,(H2,16,21)(H,18,24)(H,19,22)(H,20,23)(H,25,26). The zero-order valence-electron chi connectivity index (χ0n) is 15.0. The number of rotatable bonds is 11. The molecule has 1 fully saturated rings. The lowest BCUT2D eigenvalue weighted by Crippen LogP contribution is -2.58. The average molecular weight is 436 g/mol. The molecule has 0 aromatic carbocycles. The summed E-state index contributed by atoms with van der Waals surface area (Å²) in [6.45, 7) is 0.701. The zero-order chi connectivity index (χ0) is 21.3. The van der Waals surface area contributed by atoms with Crippen molar-refractivity contribution in [3.63, 3.8) is 0 Å². The van der Waals surface area contributed by atoms with Crippen LogP contribution >= 0.6 is 25.3 Å². The highest BCUT2D eigenvalue weighted by Gasteiger charge is 2.31. The van der Waals surface area contributed by atoms with Crippen molar-refractivity contribution in [3.05, 3.63) is 0 Å². The zero-order valence-corrected chi connectivity index (χ0v) is 16.8. The summed E-state index contributed by atoms with van der Waals surface area (Å²) < 4.78 is 0. The Kier molecular flexibility index (Phi) is 10.1. The lowest BCUT2D eigenvalue weighted by molar-refractivity contribution is -0.141. The van der Waals surface area contributed by atoms with Gasteiger partial charge in [-0.25, -0.2) is 4.79 Å². The van der Waals surface area contributed by atoms with Crippen LogP contribution in [0.15, 0.2) is 0 Å². The molecule has 4 atom stereocenters. The number of hydrogen-bond donors (Lipinski definition) is 8. The Morgan fingerprint density at radius 3 is 2.04 bits per heavy atom. The van der Waals surface area contributed by atoms with Crippen LogP contribution in [-0.4, -0.2) is 76.9 Å². The van der Waals surface area contributed by atoms with E-state index in [4.69, 9.17) is 10.8 Å². The first-order chi connectivity index (χ1) is 13.2. The Morgan fingerprint density at radius 2 is 1.57 bits per heavy atom. The third kappa shape index (κ3) is 7.56. The smallest absolute Gasteiger partial charge is 0.327 e.